The van der Waals surface area contributed by atoms with Crippen LogP contribution in [0.15, 0.2) is 0 Å². The molecular formula is C21H43NO2. The van der Waals surface area contributed by atoms with Gasteiger partial charge in [-0.2, -0.15) is 5.48 Å². The van der Waals surface area contributed by atoms with E-state index in [0.717, 1.165) is 25.8 Å². The maximum absolute atomic E-state index is 11.9. The van der Waals surface area contributed by atoms with Crippen molar-refractivity contribution >= 4 is 5.97 Å². The first-order chi connectivity index (χ1) is 11.5. The molecule has 3 heteroatoms. The van der Waals surface area contributed by atoms with Crippen molar-refractivity contribution in [3.63, 3.8) is 0 Å². The molecule has 0 aromatic carbocycles. The molecule has 1 N–H and O–H groups in total. The van der Waals surface area contributed by atoms with E-state index in [0.29, 0.717) is 0 Å². The standard InChI is InChI=1S/C21H43NO2/c1-5-7-8-9-10-11-12-13-14-15-16-17-19-22-24-20(23)21(3,4)18-6-2/h22H,5-19H2,1-4H3. The predicted octanol–water partition coefficient (Wildman–Crippen LogP) is 6.56. The van der Waals surface area contributed by atoms with Gasteiger partial charge in [0, 0.05) is 6.54 Å². The summed E-state index contributed by atoms with van der Waals surface area (Å²) in [6, 6.07) is 0. The second kappa shape index (κ2) is 15.9. The molecule has 0 spiro atoms. The normalized spacial score (nSPS) is 11.7. The van der Waals surface area contributed by atoms with Crippen LogP contribution in [-0.4, -0.2) is 12.5 Å². The van der Waals surface area contributed by atoms with Crippen LogP contribution in [0.4, 0.5) is 0 Å². The lowest BCUT2D eigenvalue weighted by Crippen LogP contribution is -2.32. The number of carbonyl (C=O) groups is 1. The minimum Gasteiger partial charge on any atom is -0.370 e. The summed E-state index contributed by atoms with van der Waals surface area (Å²) in [5.74, 6) is -0.136. The van der Waals surface area contributed by atoms with Crippen molar-refractivity contribution in [3.05, 3.63) is 0 Å². The monoisotopic (exact) mass is 341 g/mol. The lowest BCUT2D eigenvalue weighted by Gasteiger charge is -2.21. The van der Waals surface area contributed by atoms with Crippen molar-refractivity contribution in [3.8, 4) is 0 Å². The third kappa shape index (κ3) is 13.8. The summed E-state index contributed by atoms with van der Waals surface area (Å²) >= 11 is 0. The first-order valence-electron chi connectivity index (χ1n) is 10.5. The molecular weight excluding hydrogens is 298 g/mol. The molecule has 0 fully saturated rings. The highest BCUT2D eigenvalue weighted by Gasteiger charge is 2.28. The summed E-state index contributed by atoms with van der Waals surface area (Å²) in [7, 11) is 0. The van der Waals surface area contributed by atoms with Gasteiger partial charge in [-0.05, 0) is 26.7 Å². The molecule has 0 aromatic heterocycles. The number of hydroxylamine groups is 1. The Morgan fingerprint density at radius 3 is 1.67 bits per heavy atom. The fourth-order valence-electron chi connectivity index (χ4n) is 3.02. The van der Waals surface area contributed by atoms with Gasteiger partial charge in [0.1, 0.15) is 0 Å². The van der Waals surface area contributed by atoms with Gasteiger partial charge in [0.05, 0.1) is 5.41 Å². The Hall–Kier alpha value is -0.570. The molecule has 0 atom stereocenters. The van der Waals surface area contributed by atoms with E-state index in [2.05, 4.69) is 19.3 Å². The van der Waals surface area contributed by atoms with Crippen molar-refractivity contribution in [2.24, 2.45) is 5.41 Å². The number of hydrogen-bond acceptors (Lipinski definition) is 3. The predicted molar refractivity (Wildman–Crippen MR) is 104 cm³/mol. The second-order valence-corrected chi connectivity index (χ2v) is 7.81. The van der Waals surface area contributed by atoms with Gasteiger partial charge in [-0.1, -0.05) is 90.9 Å². The van der Waals surface area contributed by atoms with E-state index >= 15 is 0 Å². The zero-order valence-electron chi connectivity index (χ0n) is 16.9. The van der Waals surface area contributed by atoms with Crippen LogP contribution in [0.1, 0.15) is 118 Å². The van der Waals surface area contributed by atoms with Crippen LogP contribution in [0.25, 0.3) is 0 Å². The molecule has 3 nitrogen and oxygen atoms in total. The molecule has 0 heterocycles. The van der Waals surface area contributed by atoms with Crippen LogP contribution in [-0.2, 0) is 9.63 Å². The lowest BCUT2D eigenvalue weighted by atomic mass is 9.88. The van der Waals surface area contributed by atoms with E-state index in [1.165, 1.54) is 70.6 Å². The summed E-state index contributed by atoms with van der Waals surface area (Å²) < 4.78 is 0. The molecule has 0 aliphatic rings. The van der Waals surface area contributed by atoms with Gasteiger partial charge in [0.2, 0.25) is 0 Å². The Labute approximate surface area is 151 Å². The molecule has 24 heavy (non-hydrogen) atoms. The van der Waals surface area contributed by atoms with Crippen molar-refractivity contribution in [1.82, 2.24) is 5.48 Å². The van der Waals surface area contributed by atoms with Gasteiger partial charge in [-0.15, -0.1) is 0 Å². The van der Waals surface area contributed by atoms with Gasteiger partial charge < -0.3 is 4.84 Å². The Balaban J connectivity index is 3.27. The van der Waals surface area contributed by atoms with E-state index in [4.69, 9.17) is 4.84 Å². The minimum absolute atomic E-state index is 0.136. The van der Waals surface area contributed by atoms with E-state index in [1.54, 1.807) is 0 Å². The van der Waals surface area contributed by atoms with Gasteiger partial charge in [-0.25, -0.2) is 4.79 Å². The Morgan fingerprint density at radius 2 is 1.21 bits per heavy atom. The largest absolute Gasteiger partial charge is 0.370 e. The molecule has 0 bridgehead atoms. The maximum Gasteiger partial charge on any atom is 0.330 e. The molecule has 0 aliphatic heterocycles. The fourth-order valence-corrected chi connectivity index (χ4v) is 3.02. The second-order valence-electron chi connectivity index (χ2n) is 7.81. The number of hydrogen-bond donors (Lipinski definition) is 1. The zero-order valence-corrected chi connectivity index (χ0v) is 16.9. The number of nitrogens with one attached hydrogen (secondary N) is 1. The summed E-state index contributed by atoms with van der Waals surface area (Å²) in [5.41, 5.74) is 2.46. The average Bonchev–Trinajstić information content (AvgIpc) is 2.54. The zero-order chi connectivity index (χ0) is 18.1. The quantitative estimate of drug-likeness (QED) is 0.240. The van der Waals surface area contributed by atoms with Gasteiger partial charge in [0.25, 0.3) is 0 Å². The fraction of sp³-hybridized carbons (Fsp3) is 0.952. The topological polar surface area (TPSA) is 38.3 Å². The van der Waals surface area contributed by atoms with E-state index in [1.807, 2.05) is 13.8 Å². The molecule has 144 valence electrons. The number of carbonyl (C=O) groups excluding carboxylic acids is 1. The molecule has 0 unspecified atom stereocenters. The van der Waals surface area contributed by atoms with E-state index < -0.39 is 0 Å². The van der Waals surface area contributed by atoms with Crippen LogP contribution in [0.5, 0.6) is 0 Å². The van der Waals surface area contributed by atoms with Crippen LogP contribution in [0.2, 0.25) is 0 Å². The molecule has 0 radical (unpaired) electrons. The molecule has 0 aliphatic carbocycles. The van der Waals surface area contributed by atoms with E-state index in [9.17, 15) is 4.79 Å². The third-order valence-electron chi connectivity index (χ3n) is 4.72. The van der Waals surface area contributed by atoms with Gasteiger partial charge in [0.15, 0.2) is 0 Å². The summed E-state index contributed by atoms with van der Waals surface area (Å²) in [6.07, 6.45) is 18.0. The maximum atomic E-state index is 11.9. The number of unbranched alkanes of at least 4 members (excludes halogenated alkanes) is 11. The lowest BCUT2D eigenvalue weighted by molar-refractivity contribution is -0.162. The highest BCUT2D eigenvalue weighted by molar-refractivity contribution is 5.75. The Bertz CT molecular complexity index is 290. The highest BCUT2D eigenvalue weighted by Crippen LogP contribution is 2.23. The molecule has 0 saturated carbocycles. The van der Waals surface area contributed by atoms with Crippen molar-refractivity contribution < 1.29 is 9.63 Å². The van der Waals surface area contributed by atoms with Crippen molar-refractivity contribution in [1.29, 1.82) is 0 Å². The first-order valence-corrected chi connectivity index (χ1v) is 10.5. The van der Waals surface area contributed by atoms with E-state index in [-0.39, 0.29) is 11.4 Å². The SMILES string of the molecule is CCCCCCCCCCCCCCNOC(=O)C(C)(C)CCC. The smallest absolute Gasteiger partial charge is 0.330 e. The molecule has 0 saturated heterocycles. The van der Waals surface area contributed by atoms with Crippen LogP contribution < -0.4 is 5.48 Å². The van der Waals surface area contributed by atoms with Crippen LogP contribution >= 0.6 is 0 Å². The molecule has 0 amide bonds. The minimum atomic E-state index is -0.377. The Morgan fingerprint density at radius 1 is 0.750 bits per heavy atom. The Kier molecular flexibility index (Phi) is 15.6. The summed E-state index contributed by atoms with van der Waals surface area (Å²) in [6.45, 7) is 9.03. The summed E-state index contributed by atoms with van der Waals surface area (Å²) in [4.78, 5) is 17.1. The average molecular weight is 342 g/mol. The van der Waals surface area contributed by atoms with Gasteiger partial charge in [-0.3, -0.25) is 0 Å². The highest BCUT2D eigenvalue weighted by atomic mass is 16.7. The molecule has 0 aromatic rings. The van der Waals surface area contributed by atoms with Crippen LogP contribution in [0, 0.1) is 5.41 Å². The number of rotatable bonds is 17. The molecule has 0 rings (SSSR count). The van der Waals surface area contributed by atoms with Gasteiger partial charge >= 0.3 is 5.97 Å². The van der Waals surface area contributed by atoms with Crippen LogP contribution in [0.3, 0.4) is 0 Å². The third-order valence-corrected chi connectivity index (χ3v) is 4.72. The first kappa shape index (κ1) is 23.4. The van der Waals surface area contributed by atoms with Crippen molar-refractivity contribution in [2.75, 3.05) is 6.54 Å². The summed E-state index contributed by atoms with van der Waals surface area (Å²) in [5, 5.41) is 0. The van der Waals surface area contributed by atoms with Crippen molar-refractivity contribution in [2.45, 2.75) is 118 Å².